The highest BCUT2D eigenvalue weighted by Crippen LogP contribution is 2.32. The maximum Gasteiger partial charge on any atom is 0.254 e. The topological polar surface area (TPSA) is 55.8 Å². The Morgan fingerprint density at radius 2 is 1.67 bits per heavy atom. The van der Waals surface area contributed by atoms with E-state index in [2.05, 4.69) is 22.6 Å². The number of likely N-dealkylation sites (tertiary alicyclic amines) is 1. The van der Waals surface area contributed by atoms with Crippen molar-refractivity contribution in [3.63, 3.8) is 0 Å². The van der Waals surface area contributed by atoms with Crippen molar-refractivity contribution in [2.24, 2.45) is 5.92 Å². The quantitative estimate of drug-likeness (QED) is 0.499. The molecule has 0 radical (unpaired) electrons. The van der Waals surface area contributed by atoms with E-state index in [1.54, 1.807) is 18.2 Å². The van der Waals surface area contributed by atoms with Gasteiger partial charge in [-0.25, -0.2) is 0 Å². The number of carbonyl (C=O) groups is 2. The number of ketones is 1. The predicted molar refractivity (Wildman–Crippen MR) is 110 cm³/mol. The fraction of sp³-hybridized carbons (Fsp3) is 0.333. The van der Waals surface area contributed by atoms with Gasteiger partial charge in [0.25, 0.3) is 5.91 Å². The molecule has 2 heterocycles. The van der Waals surface area contributed by atoms with Crippen LogP contribution in [0.1, 0.15) is 33.6 Å². The number of Topliss-reactive ketones (excluding diaryl/α,β-unsaturated/α-hetero) is 1. The number of nitrogens with zero attached hydrogens (tertiary/aromatic N) is 1. The molecular weight excluding hydrogens is 457 g/mol. The molecular formula is C21H20INO4. The smallest absolute Gasteiger partial charge is 0.254 e. The van der Waals surface area contributed by atoms with Crippen molar-refractivity contribution in [2.75, 3.05) is 26.3 Å². The number of hydrogen-bond donors (Lipinski definition) is 0. The van der Waals surface area contributed by atoms with Crippen molar-refractivity contribution in [1.82, 2.24) is 4.90 Å². The van der Waals surface area contributed by atoms with Gasteiger partial charge in [-0.1, -0.05) is 12.1 Å². The van der Waals surface area contributed by atoms with E-state index in [1.165, 1.54) is 0 Å². The molecule has 6 heteroatoms. The van der Waals surface area contributed by atoms with E-state index in [-0.39, 0.29) is 17.6 Å². The molecule has 27 heavy (non-hydrogen) atoms. The fourth-order valence-electron chi connectivity index (χ4n) is 3.58. The van der Waals surface area contributed by atoms with Crippen LogP contribution in [0.2, 0.25) is 0 Å². The Balaban J connectivity index is 1.41. The van der Waals surface area contributed by atoms with Crippen LogP contribution >= 0.6 is 22.6 Å². The van der Waals surface area contributed by atoms with Gasteiger partial charge in [-0.3, -0.25) is 9.59 Å². The average Bonchev–Trinajstić information content (AvgIpc) is 2.73. The molecule has 0 N–H and O–H groups in total. The minimum atomic E-state index is -0.0635. The summed E-state index contributed by atoms with van der Waals surface area (Å²) in [5.74, 6) is 1.43. The number of benzene rings is 2. The van der Waals surface area contributed by atoms with Crippen molar-refractivity contribution in [2.45, 2.75) is 12.8 Å². The molecule has 140 valence electrons. The molecule has 2 aliphatic heterocycles. The Bertz CT molecular complexity index is 874. The van der Waals surface area contributed by atoms with Crippen LogP contribution < -0.4 is 9.47 Å². The normalized spacial score (nSPS) is 16.9. The molecule has 0 unspecified atom stereocenters. The van der Waals surface area contributed by atoms with E-state index in [1.807, 2.05) is 29.2 Å². The van der Waals surface area contributed by atoms with E-state index < -0.39 is 0 Å². The Hall–Kier alpha value is -2.09. The summed E-state index contributed by atoms with van der Waals surface area (Å²) in [5, 5.41) is 0. The Morgan fingerprint density at radius 3 is 2.41 bits per heavy atom. The van der Waals surface area contributed by atoms with E-state index in [0.717, 1.165) is 9.13 Å². The van der Waals surface area contributed by atoms with Crippen LogP contribution in [0.4, 0.5) is 0 Å². The van der Waals surface area contributed by atoms with E-state index >= 15 is 0 Å². The van der Waals surface area contributed by atoms with Crippen LogP contribution in [0.15, 0.2) is 42.5 Å². The van der Waals surface area contributed by atoms with Gasteiger partial charge in [-0.2, -0.15) is 0 Å². The number of rotatable bonds is 3. The number of fused-ring (bicyclic) bond motifs is 1. The van der Waals surface area contributed by atoms with Gasteiger partial charge in [0, 0.05) is 28.1 Å². The first kappa shape index (κ1) is 18.3. The summed E-state index contributed by atoms with van der Waals surface area (Å²) in [5.41, 5.74) is 1.39. The SMILES string of the molecule is O=C(c1ccc2c(c1)OCCO2)C1CCN(C(=O)c2ccccc2I)CC1. The monoisotopic (exact) mass is 477 g/mol. The summed E-state index contributed by atoms with van der Waals surface area (Å²) in [6.07, 6.45) is 1.37. The lowest BCUT2D eigenvalue weighted by Gasteiger charge is -2.31. The zero-order chi connectivity index (χ0) is 18.8. The third-order valence-corrected chi connectivity index (χ3v) is 6.02. The second kappa shape index (κ2) is 7.88. The second-order valence-electron chi connectivity index (χ2n) is 6.77. The lowest BCUT2D eigenvalue weighted by Crippen LogP contribution is -2.40. The summed E-state index contributed by atoms with van der Waals surface area (Å²) >= 11 is 2.19. The van der Waals surface area contributed by atoms with E-state index in [0.29, 0.717) is 56.2 Å². The molecule has 2 aromatic rings. The molecule has 1 amide bonds. The summed E-state index contributed by atoms with van der Waals surface area (Å²) in [6, 6.07) is 13.0. The van der Waals surface area contributed by atoms with Crippen LogP contribution in [-0.4, -0.2) is 42.9 Å². The van der Waals surface area contributed by atoms with Crippen LogP contribution in [0.5, 0.6) is 11.5 Å². The lowest BCUT2D eigenvalue weighted by atomic mass is 9.88. The van der Waals surface area contributed by atoms with Crippen molar-refractivity contribution in [1.29, 1.82) is 0 Å². The average molecular weight is 477 g/mol. The largest absolute Gasteiger partial charge is 0.486 e. The third-order valence-electron chi connectivity index (χ3n) is 5.08. The van der Waals surface area contributed by atoms with Gasteiger partial charge >= 0.3 is 0 Å². The third kappa shape index (κ3) is 3.81. The lowest BCUT2D eigenvalue weighted by molar-refractivity contribution is 0.0649. The highest BCUT2D eigenvalue weighted by Gasteiger charge is 2.29. The first-order valence-corrected chi connectivity index (χ1v) is 10.2. The van der Waals surface area contributed by atoms with Crippen LogP contribution in [0, 0.1) is 9.49 Å². The number of hydrogen-bond acceptors (Lipinski definition) is 4. The predicted octanol–water partition coefficient (Wildman–Crippen LogP) is 3.80. The van der Waals surface area contributed by atoms with Gasteiger partial charge in [-0.15, -0.1) is 0 Å². The zero-order valence-electron chi connectivity index (χ0n) is 14.8. The molecule has 0 aliphatic carbocycles. The molecule has 0 saturated carbocycles. The van der Waals surface area contributed by atoms with Gasteiger partial charge in [0.15, 0.2) is 17.3 Å². The van der Waals surface area contributed by atoms with Gasteiger partial charge < -0.3 is 14.4 Å². The van der Waals surface area contributed by atoms with Crippen molar-refractivity contribution in [3.05, 3.63) is 57.2 Å². The van der Waals surface area contributed by atoms with Crippen molar-refractivity contribution < 1.29 is 19.1 Å². The maximum atomic E-state index is 12.9. The summed E-state index contributed by atoms with van der Waals surface area (Å²) in [6.45, 7) is 2.24. The first-order valence-electron chi connectivity index (χ1n) is 9.11. The number of amides is 1. The van der Waals surface area contributed by atoms with E-state index in [4.69, 9.17) is 9.47 Å². The molecule has 1 fully saturated rings. The van der Waals surface area contributed by atoms with Crippen LogP contribution in [0.3, 0.4) is 0 Å². The highest BCUT2D eigenvalue weighted by atomic mass is 127. The molecule has 2 aliphatic rings. The fourth-order valence-corrected chi connectivity index (χ4v) is 4.20. The number of ether oxygens (including phenoxy) is 2. The first-order chi connectivity index (χ1) is 13.1. The summed E-state index contributed by atoms with van der Waals surface area (Å²) in [7, 11) is 0. The number of piperidine rings is 1. The minimum absolute atomic E-state index is 0.0465. The Kier molecular flexibility index (Phi) is 5.33. The van der Waals surface area contributed by atoms with Crippen LogP contribution in [0.25, 0.3) is 0 Å². The highest BCUT2D eigenvalue weighted by molar-refractivity contribution is 14.1. The van der Waals surface area contributed by atoms with Crippen molar-refractivity contribution in [3.8, 4) is 11.5 Å². The van der Waals surface area contributed by atoms with Gasteiger partial charge in [0.1, 0.15) is 13.2 Å². The summed E-state index contributed by atoms with van der Waals surface area (Å²) in [4.78, 5) is 27.5. The summed E-state index contributed by atoms with van der Waals surface area (Å²) < 4.78 is 12.0. The molecule has 1 saturated heterocycles. The van der Waals surface area contributed by atoms with Gasteiger partial charge in [0.05, 0.1) is 5.56 Å². The molecule has 4 rings (SSSR count). The molecule has 0 aromatic heterocycles. The molecule has 0 spiro atoms. The molecule has 0 atom stereocenters. The standard InChI is InChI=1S/C21H20INO4/c22-17-4-2-1-3-16(17)21(25)23-9-7-14(8-10-23)20(24)15-5-6-18-19(13-15)27-12-11-26-18/h1-6,13-14H,7-12H2. The Labute approximate surface area is 171 Å². The number of halogens is 1. The van der Waals surface area contributed by atoms with Gasteiger partial charge in [0.2, 0.25) is 0 Å². The van der Waals surface area contributed by atoms with Gasteiger partial charge in [-0.05, 0) is 65.8 Å². The van der Waals surface area contributed by atoms with E-state index in [9.17, 15) is 9.59 Å². The Morgan fingerprint density at radius 1 is 0.963 bits per heavy atom. The second-order valence-corrected chi connectivity index (χ2v) is 7.93. The number of carbonyl (C=O) groups excluding carboxylic acids is 2. The van der Waals surface area contributed by atoms with Crippen LogP contribution in [-0.2, 0) is 0 Å². The minimum Gasteiger partial charge on any atom is -0.486 e. The zero-order valence-corrected chi connectivity index (χ0v) is 17.0. The molecule has 0 bridgehead atoms. The molecule has 2 aromatic carbocycles. The van der Waals surface area contributed by atoms with Crippen molar-refractivity contribution >= 4 is 34.3 Å². The molecule has 5 nitrogen and oxygen atoms in total. The maximum absolute atomic E-state index is 12.9.